The van der Waals surface area contributed by atoms with Gasteiger partial charge in [0.15, 0.2) is 0 Å². The van der Waals surface area contributed by atoms with E-state index < -0.39 is 29.6 Å². The van der Waals surface area contributed by atoms with Gasteiger partial charge in [-0.05, 0) is 54.2 Å². The van der Waals surface area contributed by atoms with Crippen molar-refractivity contribution in [3.8, 4) is 5.75 Å². The molecule has 1 aliphatic heterocycles. The van der Waals surface area contributed by atoms with Gasteiger partial charge in [-0.15, -0.1) is 0 Å². The first-order valence-electron chi connectivity index (χ1n) is 10.2. The minimum absolute atomic E-state index is 0.0931. The second-order valence-corrected chi connectivity index (χ2v) is 9.07. The third-order valence-corrected chi connectivity index (χ3v) is 6.25. The molecule has 10 heteroatoms. The molecule has 1 N–H and O–H groups in total. The molecule has 1 heterocycles. The van der Waals surface area contributed by atoms with Crippen molar-refractivity contribution >= 4 is 69.8 Å². The number of amides is 3. The predicted molar refractivity (Wildman–Crippen MR) is 136 cm³/mol. The summed E-state index contributed by atoms with van der Waals surface area (Å²) in [5, 5.41) is 2.57. The van der Waals surface area contributed by atoms with Crippen molar-refractivity contribution < 1.29 is 23.9 Å². The largest absolute Gasteiger partial charge is 0.422 e. The Labute approximate surface area is 214 Å². The number of nitrogens with zero attached hydrogens (tertiary/aromatic N) is 1. The van der Waals surface area contributed by atoms with Crippen LogP contribution in [0.25, 0.3) is 6.08 Å². The summed E-state index contributed by atoms with van der Waals surface area (Å²) in [5.41, 5.74) is 1.07. The maximum atomic E-state index is 12.8. The number of imide groups is 1. The first kappa shape index (κ1) is 24.5. The third-order valence-electron chi connectivity index (χ3n) is 4.79. The van der Waals surface area contributed by atoms with Gasteiger partial charge in [-0.1, -0.05) is 59.6 Å². The van der Waals surface area contributed by atoms with E-state index >= 15 is 0 Å². The van der Waals surface area contributed by atoms with E-state index in [2.05, 4.69) is 5.32 Å². The molecule has 0 spiro atoms. The summed E-state index contributed by atoms with van der Waals surface area (Å²) < 4.78 is 5.49. The average Bonchev–Trinajstić information content (AvgIpc) is 3.08. The van der Waals surface area contributed by atoms with Crippen LogP contribution in [0.5, 0.6) is 5.75 Å². The van der Waals surface area contributed by atoms with Crippen molar-refractivity contribution in [3.63, 3.8) is 0 Å². The number of halogens is 2. The zero-order valence-corrected chi connectivity index (χ0v) is 20.2. The topological polar surface area (TPSA) is 92.8 Å². The van der Waals surface area contributed by atoms with Gasteiger partial charge in [0.1, 0.15) is 12.3 Å². The van der Waals surface area contributed by atoms with Crippen LogP contribution in [-0.4, -0.2) is 34.5 Å². The van der Waals surface area contributed by atoms with Crippen LogP contribution in [0.1, 0.15) is 15.9 Å². The van der Waals surface area contributed by atoms with Crippen molar-refractivity contribution in [2.75, 3.05) is 11.9 Å². The molecule has 176 valence electrons. The smallest absolute Gasteiger partial charge is 0.345 e. The summed E-state index contributed by atoms with van der Waals surface area (Å²) in [4.78, 5) is 51.2. The summed E-state index contributed by atoms with van der Waals surface area (Å²) >= 11 is 12.7. The zero-order valence-electron chi connectivity index (χ0n) is 17.9. The van der Waals surface area contributed by atoms with E-state index in [9.17, 15) is 19.2 Å². The third kappa shape index (κ3) is 5.92. The molecular weight excluding hydrogens is 511 g/mol. The number of hydrogen-bond donors (Lipinski definition) is 1. The molecule has 3 aromatic carbocycles. The molecule has 4 rings (SSSR count). The molecular formula is C25H16Cl2N2O5S. The first-order chi connectivity index (χ1) is 16.8. The minimum Gasteiger partial charge on any atom is -0.422 e. The quantitative estimate of drug-likeness (QED) is 0.244. The number of carbonyl (C=O) groups excluding carboxylic acids is 4. The Morgan fingerprint density at radius 3 is 2.43 bits per heavy atom. The number of carbonyl (C=O) groups is 4. The van der Waals surface area contributed by atoms with Gasteiger partial charge >= 0.3 is 5.97 Å². The standard InChI is InChI=1S/C25H16Cl2N2O5S/c26-16-10-11-18(19(27)13-16)24(32)34-20-9-5-4-6-15(20)12-21-23(31)29(25(33)35-21)14-22(30)28-17-7-2-1-3-8-17/h1-13H,14H2,(H,28,30)/b21-12-. The lowest BCUT2D eigenvalue weighted by atomic mass is 10.1. The highest BCUT2D eigenvalue weighted by molar-refractivity contribution is 8.18. The number of anilines is 1. The molecule has 35 heavy (non-hydrogen) atoms. The second-order valence-electron chi connectivity index (χ2n) is 7.23. The molecule has 1 fully saturated rings. The van der Waals surface area contributed by atoms with E-state index in [4.69, 9.17) is 27.9 Å². The lowest BCUT2D eigenvalue weighted by Gasteiger charge is -2.12. The van der Waals surface area contributed by atoms with E-state index in [-0.39, 0.29) is 21.2 Å². The number of ether oxygens (including phenoxy) is 1. The maximum absolute atomic E-state index is 12.8. The molecule has 0 saturated carbocycles. The van der Waals surface area contributed by atoms with Crippen LogP contribution in [-0.2, 0) is 9.59 Å². The molecule has 0 aromatic heterocycles. The number of benzene rings is 3. The van der Waals surface area contributed by atoms with Gasteiger partial charge in [0, 0.05) is 16.3 Å². The fourth-order valence-electron chi connectivity index (χ4n) is 3.15. The number of nitrogens with one attached hydrogen (secondary N) is 1. The zero-order chi connectivity index (χ0) is 24.9. The lowest BCUT2D eigenvalue weighted by molar-refractivity contribution is -0.127. The molecule has 0 radical (unpaired) electrons. The summed E-state index contributed by atoms with van der Waals surface area (Å²) in [7, 11) is 0. The van der Waals surface area contributed by atoms with Crippen molar-refractivity contribution in [2.24, 2.45) is 0 Å². The fourth-order valence-corrected chi connectivity index (χ4v) is 4.46. The lowest BCUT2D eigenvalue weighted by Crippen LogP contribution is -2.36. The van der Waals surface area contributed by atoms with Crippen LogP contribution in [0.4, 0.5) is 10.5 Å². The highest BCUT2D eigenvalue weighted by Crippen LogP contribution is 2.34. The van der Waals surface area contributed by atoms with E-state index in [1.165, 1.54) is 24.3 Å². The van der Waals surface area contributed by atoms with Crippen LogP contribution < -0.4 is 10.1 Å². The fraction of sp³-hybridized carbons (Fsp3) is 0.0400. The van der Waals surface area contributed by atoms with Gasteiger partial charge in [-0.3, -0.25) is 19.3 Å². The summed E-state index contributed by atoms with van der Waals surface area (Å²) in [6.45, 7) is -0.428. The normalized spacial score (nSPS) is 14.3. The maximum Gasteiger partial charge on any atom is 0.345 e. The minimum atomic E-state index is -0.710. The van der Waals surface area contributed by atoms with Gasteiger partial charge in [0.05, 0.1) is 15.5 Å². The summed E-state index contributed by atoms with van der Waals surface area (Å²) in [5.74, 6) is -1.67. The van der Waals surface area contributed by atoms with Gasteiger partial charge in [0.2, 0.25) is 5.91 Å². The van der Waals surface area contributed by atoms with Crippen molar-refractivity contribution in [2.45, 2.75) is 0 Å². The summed E-state index contributed by atoms with van der Waals surface area (Å²) in [6, 6.07) is 19.6. The molecule has 3 amide bonds. The van der Waals surface area contributed by atoms with Crippen LogP contribution in [0.3, 0.4) is 0 Å². The van der Waals surface area contributed by atoms with Crippen molar-refractivity contribution in [3.05, 3.63) is 98.9 Å². The highest BCUT2D eigenvalue weighted by Gasteiger charge is 2.36. The second kappa shape index (κ2) is 10.8. The van der Waals surface area contributed by atoms with Gasteiger partial charge in [-0.2, -0.15) is 0 Å². The molecule has 0 atom stereocenters. The molecule has 1 aliphatic rings. The van der Waals surface area contributed by atoms with Crippen molar-refractivity contribution in [1.29, 1.82) is 0 Å². The van der Waals surface area contributed by atoms with E-state index in [1.54, 1.807) is 54.6 Å². The molecule has 3 aromatic rings. The number of para-hydroxylation sites is 2. The van der Waals surface area contributed by atoms with Crippen LogP contribution >= 0.6 is 35.0 Å². The Morgan fingerprint density at radius 2 is 1.69 bits per heavy atom. The number of hydrogen-bond acceptors (Lipinski definition) is 6. The van der Waals surface area contributed by atoms with Gasteiger partial charge < -0.3 is 10.1 Å². The van der Waals surface area contributed by atoms with E-state index in [0.717, 1.165) is 4.90 Å². The molecule has 0 bridgehead atoms. The Balaban J connectivity index is 1.50. The average molecular weight is 527 g/mol. The Morgan fingerprint density at radius 1 is 0.971 bits per heavy atom. The number of esters is 1. The molecule has 1 saturated heterocycles. The predicted octanol–water partition coefficient (Wildman–Crippen LogP) is 5.89. The molecule has 0 unspecified atom stereocenters. The van der Waals surface area contributed by atoms with Gasteiger partial charge in [-0.25, -0.2) is 4.79 Å². The van der Waals surface area contributed by atoms with Crippen LogP contribution in [0, 0.1) is 0 Å². The van der Waals surface area contributed by atoms with E-state index in [1.807, 2.05) is 0 Å². The number of thioether (sulfide) groups is 1. The van der Waals surface area contributed by atoms with Crippen LogP contribution in [0.15, 0.2) is 77.7 Å². The molecule has 0 aliphatic carbocycles. The van der Waals surface area contributed by atoms with E-state index in [0.29, 0.717) is 28.0 Å². The van der Waals surface area contributed by atoms with Crippen LogP contribution in [0.2, 0.25) is 10.0 Å². The summed E-state index contributed by atoms with van der Waals surface area (Å²) in [6.07, 6.45) is 1.44. The van der Waals surface area contributed by atoms with Crippen molar-refractivity contribution in [1.82, 2.24) is 4.90 Å². The Bertz CT molecular complexity index is 1360. The Kier molecular flexibility index (Phi) is 7.55. The highest BCUT2D eigenvalue weighted by atomic mass is 35.5. The first-order valence-corrected chi connectivity index (χ1v) is 11.8. The van der Waals surface area contributed by atoms with Gasteiger partial charge in [0.25, 0.3) is 11.1 Å². The SMILES string of the molecule is O=C(CN1C(=O)S/C(=C\c2ccccc2OC(=O)c2ccc(Cl)cc2Cl)C1=O)Nc1ccccc1. The number of rotatable bonds is 6. The molecule has 7 nitrogen and oxygen atoms in total. The Hall–Kier alpha value is -3.59. The monoisotopic (exact) mass is 526 g/mol.